The Labute approximate surface area is 312 Å². The molecule has 0 amide bonds. The number of allylic oxidation sites excluding steroid dienone is 1. The van der Waals surface area contributed by atoms with Crippen LogP contribution >= 0.6 is 0 Å². The zero-order chi connectivity index (χ0) is 38.3. The van der Waals surface area contributed by atoms with E-state index in [1.165, 1.54) is 5.57 Å². The minimum atomic E-state index is -1.17. The first-order chi connectivity index (χ1) is 24.1. The first-order valence-corrected chi connectivity index (χ1v) is 20.1. The lowest BCUT2D eigenvalue weighted by atomic mass is 9.29. The molecule has 3 N–H and O–H groups in total. The summed E-state index contributed by atoms with van der Waals surface area (Å²) in [5, 5.41) is 25.3. The molecule has 0 aliphatic heterocycles. The third kappa shape index (κ3) is 5.66. The maximum Gasteiger partial charge on any atom is 0.309 e. The minimum Gasteiger partial charge on any atom is -0.481 e. The van der Waals surface area contributed by atoms with Gasteiger partial charge < -0.3 is 20.3 Å². The Hall–Kier alpha value is -2.58. The predicted molar refractivity (Wildman–Crippen MR) is 202 cm³/mol. The van der Waals surface area contributed by atoms with E-state index in [0.717, 1.165) is 62.6 Å². The number of hydrogen-bond donors (Lipinski definition) is 3. The van der Waals surface area contributed by atoms with Crippen LogP contribution in [0.15, 0.2) is 35.5 Å². The van der Waals surface area contributed by atoms with Crippen LogP contribution in [-0.4, -0.2) is 51.7 Å². The van der Waals surface area contributed by atoms with E-state index in [1.807, 2.05) is 18.2 Å². The van der Waals surface area contributed by atoms with Crippen molar-refractivity contribution in [2.75, 3.05) is 6.54 Å². The van der Waals surface area contributed by atoms with Gasteiger partial charge in [-0.25, -0.2) is 0 Å². The molecule has 0 radical (unpaired) electrons. The van der Waals surface area contributed by atoms with Crippen molar-refractivity contribution in [3.63, 3.8) is 0 Å². The summed E-state index contributed by atoms with van der Waals surface area (Å²) in [6.45, 7) is 23.1. The van der Waals surface area contributed by atoms with Gasteiger partial charge in [-0.15, -0.1) is 0 Å². The van der Waals surface area contributed by atoms with Gasteiger partial charge in [-0.1, -0.05) is 61.5 Å². The topological polar surface area (TPSA) is 126 Å². The van der Waals surface area contributed by atoms with E-state index in [1.54, 1.807) is 20.0 Å². The van der Waals surface area contributed by atoms with Crippen molar-refractivity contribution >= 4 is 17.7 Å². The second kappa shape index (κ2) is 13.0. The van der Waals surface area contributed by atoms with Crippen LogP contribution in [0.3, 0.4) is 0 Å². The Bertz CT molecular complexity index is 1620. The fraction of sp³-hybridized carbons (Fsp3) is 0.773. The van der Waals surface area contributed by atoms with Gasteiger partial charge in [0.2, 0.25) is 0 Å². The van der Waals surface area contributed by atoms with Crippen LogP contribution in [0, 0.1) is 55.7 Å². The summed E-state index contributed by atoms with van der Waals surface area (Å²) in [7, 11) is 0. The Kier molecular flexibility index (Phi) is 9.80. The summed E-state index contributed by atoms with van der Waals surface area (Å²) in [4.78, 5) is 43.4. The number of aliphatic hydroxyl groups excluding tert-OH is 1. The minimum absolute atomic E-state index is 0.0193. The first-order valence-electron chi connectivity index (χ1n) is 20.1. The van der Waals surface area contributed by atoms with Crippen LogP contribution < -0.4 is 5.32 Å². The maximum atomic E-state index is 14.1. The van der Waals surface area contributed by atoms with Crippen LogP contribution in [0.25, 0.3) is 0 Å². The van der Waals surface area contributed by atoms with Crippen molar-refractivity contribution in [2.24, 2.45) is 55.7 Å². The standard InChI is InChI=1S/C44H66N2O6/c1-27(2)35-29(47)23-44(32(48)26-45-25-28-13-11-12-22-46-28)21-20-43(10)41(8)18-14-30-39(5,6)33(52-34(49)24-38(3,4)37(50)51)16-17-40(30,7)31(41)15-19-42(43,9)36(35)44/h11-13,22,27,30-33,45,48H,14-21,23-26H2,1-10H3,(H,50,51)/t30-,31+,32?,33-,40-,41+,42+,43-,44?/m0/s1. The number of nitrogens with one attached hydrogen (secondary N) is 1. The molecule has 0 spiro atoms. The number of pyridine rings is 1. The molecular formula is C44H66N2O6. The number of nitrogens with zero attached hydrogens (tertiary/aromatic N) is 1. The van der Waals surface area contributed by atoms with Gasteiger partial charge in [0.05, 0.1) is 23.6 Å². The Morgan fingerprint density at radius 3 is 2.31 bits per heavy atom. The second-order valence-electron chi connectivity index (χ2n) is 20.1. The molecule has 8 heteroatoms. The number of Topliss-reactive ketones (excluding diaryl/α,β-unsaturated/α-hetero) is 1. The number of ketones is 1. The van der Waals surface area contributed by atoms with Gasteiger partial charge in [-0.05, 0) is 128 Å². The number of hydrogen-bond acceptors (Lipinski definition) is 7. The third-order valence-electron chi connectivity index (χ3n) is 16.6. The molecule has 1 aromatic rings. The van der Waals surface area contributed by atoms with Crippen LogP contribution in [0.1, 0.15) is 139 Å². The van der Waals surface area contributed by atoms with E-state index >= 15 is 0 Å². The zero-order valence-corrected chi connectivity index (χ0v) is 33.7. The number of carbonyl (C=O) groups is 3. The molecule has 1 aromatic heterocycles. The predicted octanol–water partition coefficient (Wildman–Crippen LogP) is 8.32. The average molecular weight is 719 g/mol. The molecule has 1 heterocycles. The molecule has 4 fully saturated rings. The number of ether oxygens (including phenoxy) is 1. The van der Waals surface area contributed by atoms with Crippen molar-refractivity contribution in [2.45, 2.75) is 152 Å². The summed E-state index contributed by atoms with van der Waals surface area (Å²) < 4.78 is 6.18. The molecule has 5 aliphatic rings. The Morgan fingerprint density at radius 1 is 0.981 bits per heavy atom. The number of carboxylic acid groups (broad SMARTS) is 1. The van der Waals surface area contributed by atoms with Crippen LogP contribution in [0.2, 0.25) is 0 Å². The van der Waals surface area contributed by atoms with Gasteiger partial charge in [0, 0.05) is 36.5 Å². The molecule has 0 aromatic carbocycles. The number of aliphatic hydroxyl groups is 1. The summed E-state index contributed by atoms with van der Waals surface area (Å²) >= 11 is 0. The summed E-state index contributed by atoms with van der Waals surface area (Å²) in [5.74, 6) is -0.265. The number of carbonyl (C=O) groups excluding carboxylic acids is 2. The van der Waals surface area contributed by atoms with Gasteiger partial charge in [0.15, 0.2) is 5.78 Å². The number of fused-ring (bicyclic) bond motifs is 7. The van der Waals surface area contributed by atoms with Crippen molar-refractivity contribution in [3.05, 3.63) is 41.2 Å². The molecule has 0 saturated heterocycles. The van der Waals surface area contributed by atoms with Crippen molar-refractivity contribution in [1.29, 1.82) is 0 Å². The van der Waals surface area contributed by atoms with E-state index in [4.69, 9.17) is 4.74 Å². The van der Waals surface area contributed by atoms with Crippen LogP contribution in [0.4, 0.5) is 0 Å². The average Bonchev–Trinajstić information content (AvgIpc) is 3.38. The lowest BCUT2D eigenvalue weighted by Crippen LogP contribution is -2.69. The summed E-state index contributed by atoms with van der Waals surface area (Å²) in [6, 6.07) is 5.87. The number of aliphatic carboxylic acids is 1. The summed E-state index contributed by atoms with van der Waals surface area (Å²) in [6.07, 6.45) is 8.81. The van der Waals surface area contributed by atoms with E-state index in [0.29, 0.717) is 31.3 Å². The zero-order valence-electron chi connectivity index (χ0n) is 33.7. The number of carboxylic acids is 1. The van der Waals surface area contributed by atoms with Crippen LogP contribution in [-0.2, 0) is 25.7 Å². The molecule has 288 valence electrons. The Balaban J connectivity index is 1.29. The Morgan fingerprint density at radius 2 is 1.67 bits per heavy atom. The molecule has 6 rings (SSSR count). The SMILES string of the molecule is CC(C)C1=C2C(C(O)CNCc3ccccn3)(CC[C@]3(C)[C@]2(C)CC[C@@H]2[C@@]4(C)CC[C@H](OC(=O)CC(C)(C)C(=O)O)C(C)(C)[C@@H]4CC[C@]23C)CC1=O. The number of rotatable bonds is 10. The van der Waals surface area contributed by atoms with Gasteiger partial charge >= 0.3 is 11.9 Å². The molecular weight excluding hydrogens is 652 g/mol. The van der Waals surface area contributed by atoms with E-state index < -0.39 is 28.9 Å². The monoisotopic (exact) mass is 718 g/mol. The van der Waals surface area contributed by atoms with Crippen molar-refractivity contribution < 1.29 is 29.3 Å². The van der Waals surface area contributed by atoms with Gasteiger partial charge in [-0.2, -0.15) is 0 Å². The van der Waals surface area contributed by atoms with Crippen molar-refractivity contribution in [1.82, 2.24) is 10.3 Å². The molecule has 0 bridgehead atoms. The molecule has 5 aliphatic carbocycles. The lowest BCUT2D eigenvalue weighted by Gasteiger charge is -2.75. The highest BCUT2D eigenvalue weighted by molar-refractivity contribution is 6.01. The first kappa shape index (κ1) is 39.1. The second-order valence-corrected chi connectivity index (χ2v) is 20.1. The summed E-state index contributed by atoms with van der Waals surface area (Å²) in [5.41, 5.74) is 0.971. The highest BCUT2D eigenvalue weighted by atomic mass is 16.5. The highest BCUT2D eigenvalue weighted by Gasteiger charge is 2.74. The highest BCUT2D eigenvalue weighted by Crippen LogP contribution is 2.80. The largest absolute Gasteiger partial charge is 0.481 e. The third-order valence-corrected chi connectivity index (χ3v) is 16.6. The lowest BCUT2D eigenvalue weighted by molar-refractivity contribution is -0.252. The van der Waals surface area contributed by atoms with E-state index in [9.17, 15) is 24.6 Å². The van der Waals surface area contributed by atoms with Crippen LogP contribution in [0.5, 0.6) is 0 Å². The number of esters is 1. The molecule has 4 saturated carbocycles. The molecule has 9 atom stereocenters. The fourth-order valence-corrected chi connectivity index (χ4v) is 13.5. The van der Waals surface area contributed by atoms with E-state index in [2.05, 4.69) is 65.7 Å². The van der Waals surface area contributed by atoms with Gasteiger partial charge in [0.1, 0.15) is 6.10 Å². The smallest absolute Gasteiger partial charge is 0.309 e. The molecule has 8 nitrogen and oxygen atoms in total. The maximum absolute atomic E-state index is 14.1. The molecule has 2 unspecified atom stereocenters. The van der Waals surface area contributed by atoms with E-state index in [-0.39, 0.29) is 51.3 Å². The molecule has 52 heavy (non-hydrogen) atoms. The normalized spacial score (nSPS) is 38.9. The fourth-order valence-electron chi connectivity index (χ4n) is 13.5. The quantitative estimate of drug-likeness (QED) is 0.206. The van der Waals surface area contributed by atoms with Crippen molar-refractivity contribution in [3.8, 4) is 0 Å². The number of aromatic nitrogens is 1. The van der Waals surface area contributed by atoms with Gasteiger partial charge in [-0.3, -0.25) is 19.4 Å². The van der Waals surface area contributed by atoms with Gasteiger partial charge in [0.25, 0.3) is 0 Å².